The maximum Gasteiger partial charge on any atom is 0.248 e. The number of pyridine rings is 1. The Balaban J connectivity index is 1.57. The third-order valence-corrected chi connectivity index (χ3v) is 6.59. The first-order valence-electron chi connectivity index (χ1n) is 10.0. The number of hydrogen-bond donors (Lipinski definition) is 2. The maximum atomic E-state index is 11.5. The van der Waals surface area contributed by atoms with Crippen molar-refractivity contribution in [3.8, 4) is 11.4 Å². The highest BCUT2D eigenvalue weighted by atomic mass is 32.1. The summed E-state index contributed by atoms with van der Waals surface area (Å²) >= 11 is 1.78. The van der Waals surface area contributed by atoms with Crippen LogP contribution in [0.1, 0.15) is 39.2 Å². The monoisotopic (exact) mass is 415 g/mol. The molecule has 0 unspecified atom stereocenters. The number of carbonyl (C=O) groups excluding carboxylic acids is 1. The number of rotatable bonds is 5. The van der Waals surface area contributed by atoms with Gasteiger partial charge in [-0.1, -0.05) is 12.1 Å². The van der Waals surface area contributed by atoms with Crippen molar-refractivity contribution in [3.63, 3.8) is 0 Å². The molecule has 0 fully saturated rings. The van der Waals surface area contributed by atoms with E-state index >= 15 is 0 Å². The highest BCUT2D eigenvalue weighted by Crippen LogP contribution is 2.39. The number of hydrogen-bond acceptors (Lipinski definition) is 6. The summed E-state index contributed by atoms with van der Waals surface area (Å²) in [6.07, 6.45) is 8.13. The summed E-state index contributed by atoms with van der Waals surface area (Å²) < 4.78 is 0. The molecule has 0 spiro atoms. The van der Waals surface area contributed by atoms with Gasteiger partial charge in [-0.05, 0) is 61.1 Å². The molecule has 150 valence electrons. The van der Waals surface area contributed by atoms with Crippen LogP contribution in [-0.4, -0.2) is 20.9 Å². The van der Waals surface area contributed by atoms with Crippen LogP contribution in [0.4, 0.5) is 5.82 Å². The van der Waals surface area contributed by atoms with Gasteiger partial charge >= 0.3 is 0 Å². The molecule has 7 heteroatoms. The Morgan fingerprint density at radius 1 is 1.13 bits per heavy atom. The molecule has 0 atom stereocenters. The van der Waals surface area contributed by atoms with Crippen LogP contribution in [0.3, 0.4) is 0 Å². The van der Waals surface area contributed by atoms with Crippen molar-refractivity contribution in [3.05, 3.63) is 70.4 Å². The number of aryl methyl sites for hydroxylation is 2. The molecule has 3 heterocycles. The zero-order valence-electron chi connectivity index (χ0n) is 16.4. The highest BCUT2D eigenvalue weighted by Gasteiger charge is 2.21. The number of aromatic nitrogens is 3. The average molecular weight is 416 g/mol. The topological polar surface area (TPSA) is 93.8 Å². The van der Waals surface area contributed by atoms with Gasteiger partial charge < -0.3 is 11.1 Å². The Kier molecular flexibility index (Phi) is 4.88. The lowest BCUT2D eigenvalue weighted by Crippen LogP contribution is -2.12. The molecule has 0 saturated carbocycles. The lowest BCUT2D eigenvalue weighted by molar-refractivity contribution is 0.1000. The molecule has 0 radical (unpaired) electrons. The predicted molar refractivity (Wildman–Crippen MR) is 120 cm³/mol. The standard InChI is InChI=1S/C23H21N5OS/c24-20(29)15-6-3-5-14(11-15)12-26-22-19-17-8-1-2-9-18(17)30-23(19)28-21(27-22)16-7-4-10-25-13-16/h3-7,10-11,13H,1-2,8-9,12H2,(H2,24,29)(H,26,27,28). The number of amides is 1. The van der Waals surface area contributed by atoms with Gasteiger partial charge in [0.2, 0.25) is 5.91 Å². The first kappa shape index (κ1) is 18.7. The van der Waals surface area contributed by atoms with Crippen molar-refractivity contribution in [2.75, 3.05) is 5.32 Å². The zero-order valence-corrected chi connectivity index (χ0v) is 17.2. The number of carbonyl (C=O) groups is 1. The SMILES string of the molecule is NC(=O)c1cccc(CNc2nc(-c3cccnc3)nc3sc4c(c23)CCCC4)c1. The molecule has 1 amide bonds. The van der Waals surface area contributed by atoms with Crippen LogP contribution in [0.25, 0.3) is 21.6 Å². The molecule has 3 N–H and O–H groups in total. The van der Waals surface area contributed by atoms with Crippen LogP contribution in [0.15, 0.2) is 48.8 Å². The van der Waals surface area contributed by atoms with Crippen LogP contribution in [-0.2, 0) is 19.4 Å². The predicted octanol–water partition coefficient (Wildman–Crippen LogP) is 4.34. The third kappa shape index (κ3) is 3.52. The van der Waals surface area contributed by atoms with Gasteiger partial charge in [0.1, 0.15) is 10.6 Å². The van der Waals surface area contributed by atoms with E-state index in [1.807, 2.05) is 30.3 Å². The van der Waals surface area contributed by atoms with Gasteiger partial charge in [0, 0.05) is 34.9 Å². The summed E-state index contributed by atoms with van der Waals surface area (Å²) in [5.74, 6) is 1.08. The normalized spacial score (nSPS) is 13.2. The van der Waals surface area contributed by atoms with Crippen molar-refractivity contribution < 1.29 is 4.79 Å². The van der Waals surface area contributed by atoms with Crippen molar-refractivity contribution in [1.82, 2.24) is 15.0 Å². The van der Waals surface area contributed by atoms with E-state index in [0.717, 1.165) is 40.0 Å². The third-order valence-electron chi connectivity index (χ3n) is 5.41. The number of nitrogens with two attached hydrogens (primary N) is 1. The fourth-order valence-electron chi connectivity index (χ4n) is 3.93. The summed E-state index contributed by atoms with van der Waals surface area (Å²) in [7, 11) is 0. The summed E-state index contributed by atoms with van der Waals surface area (Å²) in [5.41, 5.74) is 9.18. The number of fused-ring (bicyclic) bond motifs is 3. The second-order valence-electron chi connectivity index (χ2n) is 7.45. The molecule has 6 nitrogen and oxygen atoms in total. The fourth-order valence-corrected chi connectivity index (χ4v) is 5.19. The molecule has 0 saturated heterocycles. The van der Waals surface area contributed by atoms with E-state index in [1.165, 1.54) is 23.3 Å². The van der Waals surface area contributed by atoms with E-state index in [1.54, 1.807) is 29.8 Å². The van der Waals surface area contributed by atoms with E-state index in [2.05, 4.69) is 10.3 Å². The number of nitrogens with one attached hydrogen (secondary N) is 1. The molecule has 4 aromatic rings. The molecular formula is C23H21N5OS. The number of primary amides is 1. The molecule has 1 aromatic carbocycles. The maximum absolute atomic E-state index is 11.5. The lowest BCUT2D eigenvalue weighted by Gasteiger charge is -2.13. The van der Waals surface area contributed by atoms with Crippen LogP contribution in [0.5, 0.6) is 0 Å². The first-order chi connectivity index (χ1) is 14.7. The largest absolute Gasteiger partial charge is 0.366 e. The van der Waals surface area contributed by atoms with Gasteiger partial charge in [-0.3, -0.25) is 9.78 Å². The second-order valence-corrected chi connectivity index (χ2v) is 8.53. The van der Waals surface area contributed by atoms with Crippen molar-refractivity contribution in [2.45, 2.75) is 32.2 Å². The van der Waals surface area contributed by atoms with Crippen molar-refractivity contribution in [1.29, 1.82) is 0 Å². The fraction of sp³-hybridized carbons (Fsp3) is 0.217. The van der Waals surface area contributed by atoms with Gasteiger partial charge in [0.05, 0.1) is 5.39 Å². The van der Waals surface area contributed by atoms with Crippen molar-refractivity contribution in [2.24, 2.45) is 5.73 Å². The Bertz CT molecular complexity index is 1240. The molecule has 1 aliphatic carbocycles. The molecular weight excluding hydrogens is 394 g/mol. The summed E-state index contributed by atoms with van der Waals surface area (Å²) in [5, 5.41) is 4.63. The Morgan fingerprint density at radius 2 is 2.03 bits per heavy atom. The first-order valence-corrected chi connectivity index (χ1v) is 10.9. The molecule has 1 aliphatic rings. The minimum Gasteiger partial charge on any atom is -0.366 e. The summed E-state index contributed by atoms with van der Waals surface area (Å²) in [6, 6.07) is 11.2. The molecule has 5 rings (SSSR count). The quantitative estimate of drug-likeness (QED) is 0.506. The van der Waals surface area contributed by atoms with E-state index in [4.69, 9.17) is 15.7 Å². The molecule has 30 heavy (non-hydrogen) atoms. The Morgan fingerprint density at radius 3 is 2.87 bits per heavy atom. The van der Waals surface area contributed by atoms with Crippen molar-refractivity contribution >= 4 is 33.3 Å². The van der Waals surface area contributed by atoms with Gasteiger partial charge in [0.15, 0.2) is 5.82 Å². The summed E-state index contributed by atoms with van der Waals surface area (Å²) in [4.78, 5) is 27.9. The Labute approximate surface area is 178 Å². The number of benzene rings is 1. The van der Waals surface area contributed by atoms with E-state index in [9.17, 15) is 4.79 Å². The molecule has 0 aliphatic heterocycles. The van der Waals surface area contributed by atoms with E-state index in [-0.39, 0.29) is 0 Å². The average Bonchev–Trinajstić information content (AvgIpc) is 3.17. The number of nitrogens with zero attached hydrogens (tertiary/aromatic N) is 3. The van der Waals surface area contributed by atoms with Crippen LogP contribution in [0.2, 0.25) is 0 Å². The lowest BCUT2D eigenvalue weighted by atomic mass is 9.97. The van der Waals surface area contributed by atoms with Gasteiger partial charge in [-0.25, -0.2) is 9.97 Å². The second kappa shape index (κ2) is 7.84. The molecule has 0 bridgehead atoms. The van der Waals surface area contributed by atoms with Gasteiger partial charge in [-0.15, -0.1) is 11.3 Å². The van der Waals surface area contributed by atoms with Crippen LogP contribution >= 0.6 is 11.3 Å². The summed E-state index contributed by atoms with van der Waals surface area (Å²) in [6.45, 7) is 0.546. The molecule has 3 aromatic heterocycles. The minimum absolute atomic E-state index is 0.424. The number of thiophene rings is 1. The van der Waals surface area contributed by atoms with Crippen LogP contribution < -0.4 is 11.1 Å². The smallest absolute Gasteiger partial charge is 0.248 e. The van der Waals surface area contributed by atoms with Gasteiger partial charge in [-0.2, -0.15) is 0 Å². The minimum atomic E-state index is -0.424. The van der Waals surface area contributed by atoms with E-state index in [0.29, 0.717) is 17.9 Å². The Hall–Kier alpha value is -3.32. The highest BCUT2D eigenvalue weighted by molar-refractivity contribution is 7.19. The van der Waals surface area contributed by atoms with Gasteiger partial charge in [0.25, 0.3) is 0 Å². The number of anilines is 1. The van der Waals surface area contributed by atoms with Crippen LogP contribution in [0, 0.1) is 0 Å². The van der Waals surface area contributed by atoms with E-state index < -0.39 is 5.91 Å². The zero-order chi connectivity index (χ0) is 20.5.